The number of aromatic amines is 1. The van der Waals surface area contributed by atoms with E-state index in [2.05, 4.69) is 30.6 Å². The molecule has 1 amide bonds. The van der Waals surface area contributed by atoms with Crippen LogP contribution < -0.4 is 5.32 Å². The Bertz CT molecular complexity index is 883. The maximum atomic E-state index is 12.5. The fraction of sp³-hybridized carbons (Fsp3) is 0.421. The van der Waals surface area contributed by atoms with Gasteiger partial charge in [0.15, 0.2) is 0 Å². The van der Waals surface area contributed by atoms with Crippen molar-refractivity contribution in [2.24, 2.45) is 0 Å². The molecule has 3 aromatic rings. The number of hydrogen-bond acceptors (Lipinski definition) is 6. The molecule has 0 aliphatic heterocycles. The molecule has 0 saturated heterocycles. The number of carbonyl (C=O) groups excluding carboxylic acids is 1. The van der Waals surface area contributed by atoms with Crippen LogP contribution in [-0.2, 0) is 6.42 Å². The standard InChI is InChI=1S/C19H22N6O2/c26-19(14-12-22-24-17(14)13-6-2-1-3-7-13)21-11-9-16-23-18(25-27-16)15-8-4-5-10-20-15/h4-5,8,10,12-13H,1-3,6-7,9,11H2,(H,21,26)(H,22,24). The summed E-state index contributed by atoms with van der Waals surface area (Å²) < 4.78 is 5.24. The van der Waals surface area contributed by atoms with Crippen LogP contribution in [-0.4, -0.2) is 37.8 Å². The van der Waals surface area contributed by atoms with Gasteiger partial charge in [-0.05, 0) is 25.0 Å². The highest BCUT2D eigenvalue weighted by molar-refractivity contribution is 5.95. The molecule has 1 aliphatic carbocycles. The molecule has 8 nitrogen and oxygen atoms in total. The average molecular weight is 366 g/mol. The van der Waals surface area contributed by atoms with E-state index in [1.165, 1.54) is 19.3 Å². The molecule has 0 bridgehead atoms. The Morgan fingerprint density at radius 1 is 1.26 bits per heavy atom. The Hall–Kier alpha value is -3.03. The molecule has 0 atom stereocenters. The van der Waals surface area contributed by atoms with Gasteiger partial charge in [-0.2, -0.15) is 10.1 Å². The third-order valence-electron chi connectivity index (χ3n) is 4.91. The Morgan fingerprint density at radius 3 is 2.96 bits per heavy atom. The smallest absolute Gasteiger partial charge is 0.254 e. The van der Waals surface area contributed by atoms with Gasteiger partial charge in [-0.25, -0.2) is 0 Å². The van der Waals surface area contributed by atoms with Crippen LogP contribution in [0.15, 0.2) is 35.1 Å². The van der Waals surface area contributed by atoms with Crippen LogP contribution in [0.1, 0.15) is 60.0 Å². The number of pyridine rings is 1. The minimum absolute atomic E-state index is 0.117. The molecule has 4 rings (SSSR count). The zero-order valence-corrected chi connectivity index (χ0v) is 15.0. The van der Waals surface area contributed by atoms with Gasteiger partial charge < -0.3 is 9.84 Å². The van der Waals surface area contributed by atoms with Crippen LogP contribution in [0, 0.1) is 0 Å². The lowest BCUT2D eigenvalue weighted by molar-refractivity contribution is 0.0951. The minimum atomic E-state index is -0.117. The number of H-pyrrole nitrogens is 1. The lowest BCUT2D eigenvalue weighted by Gasteiger charge is -2.21. The fourth-order valence-corrected chi connectivity index (χ4v) is 3.51. The van der Waals surface area contributed by atoms with Gasteiger partial charge in [0, 0.05) is 25.1 Å². The van der Waals surface area contributed by atoms with E-state index < -0.39 is 0 Å². The molecule has 3 heterocycles. The normalized spacial score (nSPS) is 15.0. The van der Waals surface area contributed by atoms with Crippen LogP contribution in [0.2, 0.25) is 0 Å². The zero-order chi connectivity index (χ0) is 18.5. The maximum absolute atomic E-state index is 12.5. The quantitative estimate of drug-likeness (QED) is 0.694. The highest BCUT2D eigenvalue weighted by Crippen LogP contribution is 2.33. The van der Waals surface area contributed by atoms with Crippen LogP contribution in [0.5, 0.6) is 0 Å². The summed E-state index contributed by atoms with van der Waals surface area (Å²) in [5.41, 5.74) is 2.26. The van der Waals surface area contributed by atoms with Crippen LogP contribution in [0.25, 0.3) is 11.5 Å². The second-order valence-electron chi connectivity index (χ2n) is 6.76. The van der Waals surface area contributed by atoms with Crippen molar-refractivity contribution in [3.05, 3.63) is 47.7 Å². The SMILES string of the molecule is O=C(NCCc1nc(-c2ccccn2)no1)c1cn[nH]c1C1CCCCC1. The van der Waals surface area contributed by atoms with E-state index in [0.29, 0.717) is 41.9 Å². The largest absolute Gasteiger partial charge is 0.351 e. The van der Waals surface area contributed by atoms with E-state index in [1.807, 2.05) is 18.2 Å². The molecule has 0 aromatic carbocycles. The molecule has 1 saturated carbocycles. The molecule has 140 valence electrons. The predicted molar refractivity (Wildman–Crippen MR) is 98.0 cm³/mol. The highest BCUT2D eigenvalue weighted by Gasteiger charge is 2.23. The van der Waals surface area contributed by atoms with Crippen LogP contribution in [0.3, 0.4) is 0 Å². The molecule has 27 heavy (non-hydrogen) atoms. The zero-order valence-electron chi connectivity index (χ0n) is 15.0. The van der Waals surface area contributed by atoms with Crippen molar-refractivity contribution in [2.75, 3.05) is 6.54 Å². The Morgan fingerprint density at radius 2 is 2.15 bits per heavy atom. The number of rotatable bonds is 6. The summed E-state index contributed by atoms with van der Waals surface area (Å²) in [5.74, 6) is 1.20. The van der Waals surface area contributed by atoms with Crippen molar-refractivity contribution >= 4 is 5.91 Å². The first kappa shape index (κ1) is 17.4. The molecule has 3 aromatic heterocycles. The monoisotopic (exact) mass is 366 g/mol. The number of hydrogen-bond donors (Lipinski definition) is 2. The summed E-state index contributed by atoms with van der Waals surface area (Å²) in [6.07, 6.45) is 9.67. The molecule has 2 N–H and O–H groups in total. The Kier molecular flexibility index (Phi) is 5.22. The number of aromatic nitrogens is 5. The molecule has 0 radical (unpaired) electrons. The van der Waals surface area contributed by atoms with Crippen molar-refractivity contribution < 1.29 is 9.32 Å². The highest BCUT2D eigenvalue weighted by atomic mass is 16.5. The van der Waals surface area contributed by atoms with Gasteiger partial charge in [-0.3, -0.25) is 14.9 Å². The van der Waals surface area contributed by atoms with Gasteiger partial charge in [0.25, 0.3) is 5.91 Å². The van der Waals surface area contributed by atoms with Gasteiger partial charge in [-0.1, -0.05) is 30.5 Å². The fourth-order valence-electron chi connectivity index (χ4n) is 3.51. The lowest BCUT2D eigenvalue weighted by atomic mass is 9.85. The second-order valence-corrected chi connectivity index (χ2v) is 6.76. The number of nitrogens with one attached hydrogen (secondary N) is 2. The van der Waals surface area contributed by atoms with Gasteiger partial charge in [0.05, 0.1) is 17.5 Å². The van der Waals surface area contributed by atoms with Crippen molar-refractivity contribution in [1.29, 1.82) is 0 Å². The molecule has 1 aliphatic rings. The van der Waals surface area contributed by atoms with E-state index in [4.69, 9.17) is 4.52 Å². The van der Waals surface area contributed by atoms with Crippen molar-refractivity contribution in [3.63, 3.8) is 0 Å². The number of nitrogens with zero attached hydrogens (tertiary/aromatic N) is 4. The van der Waals surface area contributed by atoms with Crippen molar-refractivity contribution in [2.45, 2.75) is 44.4 Å². The summed E-state index contributed by atoms with van der Waals surface area (Å²) in [5, 5.41) is 14.0. The third-order valence-corrected chi connectivity index (χ3v) is 4.91. The van der Waals surface area contributed by atoms with Gasteiger partial charge in [0.1, 0.15) is 5.69 Å². The molecular weight excluding hydrogens is 344 g/mol. The first-order valence-electron chi connectivity index (χ1n) is 9.36. The Labute approximate surface area is 156 Å². The van der Waals surface area contributed by atoms with Crippen LogP contribution in [0.4, 0.5) is 0 Å². The second kappa shape index (κ2) is 8.11. The number of carbonyl (C=O) groups is 1. The number of amides is 1. The molecule has 8 heteroatoms. The van der Waals surface area contributed by atoms with E-state index in [9.17, 15) is 4.79 Å². The van der Waals surface area contributed by atoms with Gasteiger partial charge in [-0.15, -0.1) is 0 Å². The van der Waals surface area contributed by atoms with Crippen LogP contribution >= 0.6 is 0 Å². The van der Waals surface area contributed by atoms with E-state index in [-0.39, 0.29) is 5.91 Å². The summed E-state index contributed by atoms with van der Waals surface area (Å²) in [4.78, 5) is 21.1. The van der Waals surface area contributed by atoms with Gasteiger partial charge >= 0.3 is 0 Å². The van der Waals surface area contributed by atoms with E-state index in [0.717, 1.165) is 18.5 Å². The summed E-state index contributed by atoms with van der Waals surface area (Å²) in [6, 6.07) is 5.52. The predicted octanol–water partition coefficient (Wildman–Crippen LogP) is 2.87. The first-order valence-corrected chi connectivity index (χ1v) is 9.36. The maximum Gasteiger partial charge on any atom is 0.254 e. The molecular formula is C19H22N6O2. The first-order chi connectivity index (χ1) is 13.3. The molecule has 0 spiro atoms. The van der Waals surface area contributed by atoms with E-state index in [1.54, 1.807) is 12.4 Å². The Balaban J connectivity index is 1.33. The summed E-state index contributed by atoms with van der Waals surface area (Å²) in [7, 11) is 0. The summed E-state index contributed by atoms with van der Waals surface area (Å²) in [6.45, 7) is 0.415. The molecule has 0 unspecified atom stereocenters. The third kappa shape index (κ3) is 4.05. The lowest BCUT2D eigenvalue weighted by Crippen LogP contribution is -2.27. The average Bonchev–Trinajstić information content (AvgIpc) is 3.39. The van der Waals surface area contributed by atoms with Crippen molar-refractivity contribution in [1.82, 2.24) is 30.6 Å². The van der Waals surface area contributed by atoms with Gasteiger partial charge in [0.2, 0.25) is 11.7 Å². The minimum Gasteiger partial charge on any atom is -0.351 e. The van der Waals surface area contributed by atoms with Crippen molar-refractivity contribution in [3.8, 4) is 11.5 Å². The summed E-state index contributed by atoms with van der Waals surface area (Å²) >= 11 is 0. The molecule has 1 fully saturated rings. The topological polar surface area (TPSA) is 110 Å². The van der Waals surface area contributed by atoms with E-state index >= 15 is 0 Å².